The Kier molecular flexibility index (Phi) is 5.12. The Morgan fingerprint density at radius 3 is 2.19 bits per heavy atom. The van der Waals surface area contributed by atoms with Gasteiger partial charge in [0, 0.05) is 13.6 Å². The van der Waals surface area contributed by atoms with Gasteiger partial charge in [-0.05, 0) is 23.1 Å². The number of nitrogens with two attached hydrogens (primary N) is 1. The predicted molar refractivity (Wildman–Crippen MR) is 85.7 cm³/mol. The minimum atomic E-state index is -0.605. The van der Waals surface area contributed by atoms with Crippen LogP contribution in [0, 0.1) is 0 Å². The van der Waals surface area contributed by atoms with Gasteiger partial charge in [-0.15, -0.1) is 0 Å². The third-order valence-electron chi connectivity index (χ3n) is 3.65. The number of benzene rings is 2. The van der Waals surface area contributed by atoms with Crippen LogP contribution in [0.5, 0.6) is 0 Å². The minimum Gasteiger partial charge on any atom is -0.340 e. The highest BCUT2D eigenvalue weighted by molar-refractivity contribution is 5.82. The molecule has 0 spiro atoms. The number of aryl methyl sites for hydroxylation is 1. The molecule has 0 aliphatic carbocycles. The Balaban J connectivity index is 2.01. The van der Waals surface area contributed by atoms with E-state index in [1.54, 1.807) is 11.9 Å². The maximum absolute atomic E-state index is 12.4. The van der Waals surface area contributed by atoms with Gasteiger partial charge in [-0.2, -0.15) is 0 Å². The van der Waals surface area contributed by atoms with Gasteiger partial charge in [0.25, 0.3) is 0 Å². The predicted octanol–water partition coefficient (Wildman–Crippen LogP) is 2.91. The molecule has 0 saturated carbocycles. The van der Waals surface area contributed by atoms with Crippen molar-refractivity contribution >= 4 is 5.91 Å². The summed E-state index contributed by atoms with van der Waals surface area (Å²) in [5, 5.41) is 0. The summed E-state index contributed by atoms with van der Waals surface area (Å²) in [7, 11) is 1.79. The fourth-order valence-corrected chi connectivity index (χ4v) is 2.27. The highest BCUT2D eigenvalue weighted by Gasteiger charge is 2.19. The maximum atomic E-state index is 12.4. The Morgan fingerprint density at radius 2 is 1.62 bits per heavy atom. The van der Waals surface area contributed by atoms with Crippen LogP contribution >= 0.6 is 0 Å². The molecule has 1 atom stereocenters. The number of nitrogens with zero attached hydrogens (tertiary/aromatic N) is 1. The highest BCUT2D eigenvalue weighted by atomic mass is 16.2. The standard InChI is InChI=1S/C18H22N2O/c1-3-14-9-11-15(12-10-14)13-20(2)18(21)17(19)16-7-5-4-6-8-16/h4-12,17H,3,13,19H2,1-2H3/t17-/m0/s1. The molecule has 3 nitrogen and oxygen atoms in total. The monoisotopic (exact) mass is 282 g/mol. The van der Waals surface area contributed by atoms with E-state index in [9.17, 15) is 4.79 Å². The summed E-state index contributed by atoms with van der Waals surface area (Å²) in [6, 6.07) is 17.2. The summed E-state index contributed by atoms with van der Waals surface area (Å²) >= 11 is 0. The molecule has 0 heterocycles. The summed E-state index contributed by atoms with van der Waals surface area (Å²) < 4.78 is 0. The number of likely N-dealkylation sites (N-methyl/N-ethyl adjacent to an activating group) is 1. The van der Waals surface area contributed by atoms with E-state index in [1.165, 1.54) is 5.56 Å². The summed E-state index contributed by atoms with van der Waals surface area (Å²) in [5.74, 6) is -0.0687. The van der Waals surface area contributed by atoms with Crippen molar-refractivity contribution < 1.29 is 4.79 Å². The van der Waals surface area contributed by atoms with Crippen molar-refractivity contribution in [2.75, 3.05) is 7.05 Å². The molecule has 1 amide bonds. The van der Waals surface area contributed by atoms with Crippen LogP contribution in [0.1, 0.15) is 29.7 Å². The Labute approximate surface area is 126 Å². The molecule has 0 unspecified atom stereocenters. The van der Waals surface area contributed by atoms with Gasteiger partial charge in [0.1, 0.15) is 6.04 Å². The summed E-state index contributed by atoms with van der Waals surface area (Å²) in [6.45, 7) is 2.70. The van der Waals surface area contributed by atoms with Gasteiger partial charge in [0.15, 0.2) is 0 Å². The number of rotatable bonds is 5. The lowest BCUT2D eigenvalue weighted by molar-refractivity contribution is -0.131. The highest BCUT2D eigenvalue weighted by Crippen LogP contribution is 2.14. The fourth-order valence-electron chi connectivity index (χ4n) is 2.27. The molecule has 2 rings (SSSR count). The third kappa shape index (κ3) is 3.92. The summed E-state index contributed by atoms with van der Waals surface area (Å²) in [4.78, 5) is 14.1. The van der Waals surface area contributed by atoms with Crippen molar-refractivity contribution in [3.63, 3.8) is 0 Å². The molecule has 0 bridgehead atoms. The molecule has 21 heavy (non-hydrogen) atoms. The van der Waals surface area contributed by atoms with Crippen LogP contribution in [0.15, 0.2) is 54.6 Å². The summed E-state index contributed by atoms with van der Waals surface area (Å²) in [5.41, 5.74) is 9.30. The van der Waals surface area contributed by atoms with E-state index in [0.29, 0.717) is 6.54 Å². The number of hydrogen-bond acceptors (Lipinski definition) is 2. The van der Waals surface area contributed by atoms with Gasteiger partial charge >= 0.3 is 0 Å². The van der Waals surface area contributed by atoms with E-state index in [-0.39, 0.29) is 5.91 Å². The number of hydrogen-bond donors (Lipinski definition) is 1. The largest absolute Gasteiger partial charge is 0.340 e. The van der Waals surface area contributed by atoms with E-state index < -0.39 is 6.04 Å². The molecular weight excluding hydrogens is 260 g/mol. The normalized spacial score (nSPS) is 12.0. The first-order valence-electron chi connectivity index (χ1n) is 7.25. The number of amides is 1. The van der Waals surface area contributed by atoms with Gasteiger partial charge in [-0.25, -0.2) is 0 Å². The molecule has 2 aromatic rings. The van der Waals surface area contributed by atoms with E-state index in [4.69, 9.17) is 5.73 Å². The van der Waals surface area contributed by atoms with Gasteiger partial charge in [-0.1, -0.05) is 61.5 Å². The fraction of sp³-hybridized carbons (Fsp3) is 0.278. The van der Waals surface area contributed by atoms with Crippen molar-refractivity contribution in [2.45, 2.75) is 25.9 Å². The topological polar surface area (TPSA) is 46.3 Å². The van der Waals surface area contributed by atoms with Gasteiger partial charge in [0.05, 0.1) is 0 Å². The van der Waals surface area contributed by atoms with Crippen LogP contribution in [0.3, 0.4) is 0 Å². The molecule has 3 heteroatoms. The second-order valence-corrected chi connectivity index (χ2v) is 5.25. The summed E-state index contributed by atoms with van der Waals surface area (Å²) in [6.07, 6.45) is 1.02. The second kappa shape index (κ2) is 7.04. The first-order chi connectivity index (χ1) is 10.1. The Bertz CT molecular complexity index is 578. The minimum absolute atomic E-state index is 0.0687. The Hall–Kier alpha value is -2.13. The van der Waals surface area contributed by atoms with Crippen LogP contribution in [0.25, 0.3) is 0 Å². The van der Waals surface area contributed by atoms with Gasteiger partial charge in [0.2, 0.25) is 5.91 Å². The first kappa shape index (κ1) is 15.3. The SMILES string of the molecule is CCc1ccc(CN(C)C(=O)[C@@H](N)c2ccccc2)cc1. The second-order valence-electron chi connectivity index (χ2n) is 5.25. The number of carbonyl (C=O) groups excluding carboxylic acids is 1. The van der Waals surface area contributed by atoms with Crippen LogP contribution in [-0.2, 0) is 17.8 Å². The van der Waals surface area contributed by atoms with Crippen molar-refractivity contribution in [3.8, 4) is 0 Å². The van der Waals surface area contributed by atoms with Crippen molar-refractivity contribution in [3.05, 3.63) is 71.3 Å². The zero-order valence-corrected chi connectivity index (χ0v) is 12.6. The number of carbonyl (C=O) groups is 1. The molecule has 0 saturated heterocycles. The first-order valence-corrected chi connectivity index (χ1v) is 7.25. The third-order valence-corrected chi connectivity index (χ3v) is 3.65. The molecule has 0 aliphatic rings. The molecule has 2 N–H and O–H groups in total. The molecule has 0 aliphatic heterocycles. The lowest BCUT2D eigenvalue weighted by atomic mass is 10.1. The van der Waals surface area contributed by atoms with E-state index >= 15 is 0 Å². The smallest absolute Gasteiger partial charge is 0.244 e. The van der Waals surface area contributed by atoms with Crippen molar-refractivity contribution in [1.82, 2.24) is 4.90 Å². The van der Waals surface area contributed by atoms with Crippen LogP contribution < -0.4 is 5.73 Å². The molecule has 0 fully saturated rings. The lowest BCUT2D eigenvalue weighted by Gasteiger charge is -2.21. The molecule has 110 valence electrons. The quantitative estimate of drug-likeness (QED) is 0.916. The van der Waals surface area contributed by atoms with Crippen molar-refractivity contribution in [1.29, 1.82) is 0 Å². The molecule has 0 radical (unpaired) electrons. The average molecular weight is 282 g/mol. The van der Waals surface area contributed by atoms with Crippen LogP contribution in [0.2, 0.25) is 0 Å². The van der Waals surface area contributed by atoms with Gasteiger partial charge in [-0.3, -0.25) is 4.79 Å². The van der Waals surface area contributed by atoms with Crippen LogP contribution in [-0.4, -0.2) is 17.9 Å². The van der Waals surface area contributed by atoms with Crippen molar-refractivity contribution in [2.24, 2.45) is 5.73 Å². The zero-order valence-electron chi connectivity index (χ0n) is 12.6. The molecular formula is C18H22N2O. The molecule has 0 aromatic heterocycles. The van der Waals surface area contributed by atoms with Crippen LogP contribution in [0.4, 0.5) is 0 Å². The lowest BCUT2D eigenvalue weighted by Crippen LogP contribution is -2.35. The Morgan fingerprint density at radius 1 is 1.05 bits per heavy atom. The van der Waals surface area contributed by atoms with Gasteiger partial charge < -0.3 is 10.6 Å². The maximum Gasteiger partial charge on any atom is 0.244 e. The average Bonchev–Trinajstić information content (AvgIpc) is 2.55. The van der Waals surface area contributed by atoms with E-state index in [0.717, 1.165) is 17.5 Å². The van der Waals surface area contributed by atoms with E-state index in [2.05, 4.69) is 31.2 Å². The zero-order chi connectivity index (χ0) is 15.2. The molecule has 2 aromatic carbocycles. The van der Waals surface area contributed by atoms with E-state index in [1.807, 2.05) is 30.3 Å².